The van der Waals surface area contributed by atoms with Crippen LogP contribution in [0.15, 0.2) is 29.3 Å². The third-order valence-electron chi connectivity index (χ3n) is 4.88. The average molecular weight is 389 g/mol. The molecule has 1 saturated heterocycles. The zero-order chi connectivity index (χ0) is 20.3. The van der Waals surface area contributed by atoms with E-state index in [4.69, 9.17) is 4.74 Å². The van der Waals surface area contributed by atoms with Crippen molar-refractivity contribution in [1.29, 1.82) is 0 Å². The van der Waals surface area contributed by atoms with Gasteiger partial charge in [0.05, 0.1) is 11.5 Å². The lowest BCUT2D eigenvalue weighted by atomic mass is 9.91. The van der Waals surface area contributed by atoms with E-state index in [1.165, 1.54) is 24.3 Å². The van der Waals surface area contributed by atoms with Crippen molar-refractivity contribution in [2.45, 2.75) is 13.0 Å². The largest absolute Gasteiger partial charge is 0.465 e. The number of guanidine groups is 1. The monoisotopic (exact) mass is 389 g/mol. The molecule has 28 heavy (non-hydrogen) atoms. The van der Waals surface area contributed by atoms with E-state index in [1.54, 1.807) is 6.92 Å². The van der Waals surface area contributed by atoms with Gasteiger partial charge in [-0.3, -0.25) is 25.0 Å². The van der Waals surface area contributed by atoms with Crippen LogP contribution in [0.25, 0.3) is 0 Å². The number of nitro groups is 1. The van der Waals surface area contributed by atoms with E-state index in [9.17, 15) is 19.7 Å². The standard InChI is InChI=1S/C18H23N5O5/c1-3-28-17(25)14-15(12-4-6-13(7-5-12)23(26)27)19-18(20-16(14)24)22-10-8-21(2)9-11-22/h4-7,14-15H,3,8-11H2,1-2H3,(H,19,20,24)/t14-,15+/m0/s1. The number of carbonyl (C=O) groups is 2. The molecule has 0 aliphatic carbocycles. The van der Waals surface area contributed by atoms with Gasteiger partial charge in [0.25, 0.3) is 5.69 Å². The lowest BCUT2D eigenvalue weighted by molar-refractivity contribution is -0.384. The van der Waals surface area contributed by atoms with Crippen molar-refractivity contribution in [3.8, 4) is 0 Å². The number of aliphatic imine (C=N–C) groups is 1. The zero-order valence-electron chi connectivity index (χ0n) is 15.8. The summed E-state index contributed by atoms with van der Waals surface area (Å²) in [6, 6.07) is 4.94. The molecule has 0 radical (unpaired) electrons. The first-order valence-corrected chi connectivity index (χ1v) is 9.14. The minimum absolute atomic E-state index is 0.0695. The van der Waals surface area contributed by atoms with Gasteiger partial charge in [-0.1, -0.05) is 12.1 Å². The second kappa shape index (κ2) is 8.34. The second-order valence-corrected chi connectivity index (χ2v) is 6.76. The summed E-state index contributed by atoms with van der Waals surface area (Å²) in [5, 5.41) is 13.6. The summed E-state index contributed by atoms with van der Waals surface area (Å²) in [5.74, 6) is -1.87. The van der Waals surface area contributed by atoms with Crippen LogP contribution in [-0.4, -0.2) is 72.4 Å². The van der Waals surface area contributed by atoms with E-state index in [0.29, 0.717) is 24.6 Å². The molecule has 0 bridgehead atoms. The van der Waals surface area contributed by atoms with Crippen LogP contribution in [0.2, 0.25) is 0 Å². The van der Waals surface area contributed by atoms with Gasteiger partial charge in [-0.05, 0) is 19.5 Å². The molecular formula is C18H23N5O5. The van der Waals surface area contributed by atoms with Crippen molar-refractivity contribution in [2.24, 2.45) is 10.9 Å². The Labute approximate surface area is 162 Å². The van der Waals surface area contributed by atoms with Crippen LogP contribution in [0, 0.1) is 16.0 Å². The number of hydrogen-bond acceptors (Lipinski definition) is 8. The first-order chi connectivity index (χ1) is 13.4. The predicted octanol–water partition coefficient (Wildman–Crippen LogP) is 0.548. The Balaban J connectivity index is 1.94. The first-order valence-electron chi connectivity index (χ1n) is 9.14. The first kappa shape index (κ1) is 19.7. The Hall–Kier alpha value is -3.01. The van der Waals surface area contributed by atoms with Crippen molar-refractivity contribution in [3.63, 3.8) is 0 Å². The molecule has 1 amide bonds. The number of esters is 1. The maximum absolute atomic E-state index is 12.7. The summed E-state index contributed by atoms with van der Waals surface area (Å²) in [4.78, 5) is 44.4. The quantitative estimate of drug-likeness (QED) is 0.346. The van der Waals surface area contributed by atoms with E-state index < -0.39 is 28.8 Å². The maximum atomic E-state index is 12.7. The third-order valence-corrected chi connectivity index (χ3v) is 4.88. The summed E-state index contributed by atoms with van der Waals surface area (Å²) in [5.41, 5.74) is 0.477. The molecule has 3 rings (SSSR count). The molecule has 2 atom stereocenters. The molecule has 1 fully saturated rings. The summed E-state index contributed by atoms with van der Waals surface area (Å²) in [6.07, 6.45) is 0. The molecule has 10 nitrogen and oxygen atoms in total. The highest BCUT2D eigenvalue weighted by atomic mass is 16.6. The number of piperazine rings is 1. The molecule has 0 unspecified atom stereocenters. The number of amides is 1. The fourth-order valence-electron chi connectivity index (χ4n) is 3.28. The topological polar surface area (TPSA) is 117 Å². The molecule has 0 aromatic heterocycles. The smallest absolute Gasteiger partial charge is 0.321 e. The van der Waals surface area contributed by atoms with E-state index in [0.717, 1.165) is 13.1 Å². The Morgan fingerprint density at radius 3 is 2.50 bits per heavy atom. The molecule has 2 aliphatic heterocycles. The van der Waals surface area contributed by atoms with Crippen molar-refractivity contribution in [2.75, 3.05) is 39.8 Å². The molecule has 1 N–H and O–H groups in total. The number of carbonyl (C=O) groups excluding carboxylic acids is 2. The summed E-state index contributed by atoms with van der Waals surface area (Å²) in [6.45, 7) is 4.87. The Morgan fingerprint density at radius 1 is 1.29 bits per heavy atom. The third kappa shape index (κ3) is 4.11. The van der Waals surface area contributed by atoms with Gasteiger partial charge in [0.2, 0.25) is 11.9 Å². The van der Waals surface area contributed by atoms with Crippen molar-refractivity contribution in [1.82, 2.24) is 15.1 Å². The fourth-order valence-corrected chi connectivity index (χ4v) is 3.28. The van der Waals surface area contributed by atoms with Gasteiger partial charge in [0.1, 0.15) is 6.04 Å². The number of hydrogen-bond donors (Lipinski definition) is 1. The van der Waals surface area contributed by atoms with Gasteiger partial charge in [-0.15, -0.1) is 0 Å². The van der Waals surface area contributed by atoms with Crippen LogP contribution in [0.4, 0.5) is 5.69 Å². The van der Waals surface area contributed by atoms with Crippen LogP contribution in [-0.2, 0) is 14.3 Å². The number of likely N-dealkylation sites (N-methyl/N-ethyl adjacent to an activating group) is 1. The minimum atomic E-state index is -1.14. The second-order valence-electron chi connectivity index (χ2n) is 6.76. The lowest BCUT2D eigenvalue weighted by Crippen LogP contribution is -2.56. The number of non-ortho nitro benzene ring substituents is 1. The average Bonchev–Trinajstić information content (AvgIpc) is 2.68. The summed E-state index contributed by atoms with van der Waals surface area (Å²) in [7, 11) is 2.02. The highest BCUT2D eigenvalue weighted by Gasteiger charge is 2.42. The van der Waals surface area contributed by atoms with Gasteiger partial charge in [0.15, 0.2) is 5.92 Å². The van der Waals surface area contributed by atoms with Gasteiger partial charge in [-0.2, -0.15) is 0 Å². The van der Waals surface area contributed by atoms with Crippen molar-refractivity contribution in [3.05, 3.63) is 39.9 Å². The molecular weight excluding hydrogens is 366 g/mol. The Morgan fingerprint density at radius 2 is 1.93 bits per heavy atom. The van der Waals surface area contributed by atoms with Crippen molar-refractivity contribution < 1.29 is 19.2 Å². The Kier molecular flexibility index (Phi) is 5.88. The number of nitro benzene ring substituents is 1. The SMILES string of the molecule is CCOC(=O)[C@@H]1C(=O)NC(N2CCN(C)CC2)=N[C@@H]1c1ccc([N+](=O)[O-])cc1. The molecule has 0 spiro atoms. The molecule has 1 aromatic carbocycles. The Bertz CT molecular complexity index is 786. The van der Waals surface area contributed by atoms with Crippen LogP contribution in [0.3, 0.4) is 0 Å². The summed E-state index contributed by atoms with van der Waals surface area (Å²) >= 11 is 0. The minimum Gasteiger partial charge on any atom is -0.465 e. The molecule has 2 heterocycles. The van der Waals surface area contributed by atoms with E-state index in [1.807, 2.05) is 11.9 Å². The fraction of sp³-hybridized carbons (Fsp3) is 0.500. The number of rotatable bonds is 4. The molecule has 1 aromatic rings. The zero-order valence-corrected chi connectivity index (χ0v) is 15.8. The predicted molar refractivity (Wildman–Crippen MR) is 101 cm³/mol. The maximum Gasteiger partial charge on any atom is 0.321 e. The highest BCUT2D eigenvalue weighted by Crippen LogP contribution is 2.32. The van der Waals surface area contributed by atoms with Gasteiger partial charge < -0.3 is 14.5 Å². The van der Waals surface area contributed by atoms with Crippen LogP contribution < -0.4 is 5.32 Å². The van der Waals surface area contributed by atoms with E-state index in [2.05, 4.69) is 15.2 Å². The molecule has 2 aliphatic rings. The number of benzene rings is 1. The normalized spacial score (nSPS) is 23.0. The molecule has 10 heteroatoms. The summed E-state index contributed by atoms with van der Waals surface area (Å²) < 4.78 is 5.06. The number of nitrogens with zero attached hydrogens (tertiary/aromatic N) is 4. The highest BCUT2D eigenvalue weighted by molar-refractivity contribution is 6.08. The number of nitrogens with one attached hydrogen (secondary N) is 1. The van der Waals surface area contributed by atoms with E-state index >= 15 is 0 Å². The van der Waals surface area contributed by atoms with Gasteiger partial charge in [0, 0.05) is 38.3 Å². The van der Waals surface area contributed by atoms with E-state index in [-0.39, 0.29) is 12.3 Å². The van der Waals surface area contributed by atoms with Gasteiger partial charge in [-0.25, -0.2) is 4.99 Å². The molecule has 150 valence electrons. The number of ether oxygens (including phenoxy) is 1. The van der Waals surface area contributed by atoms with Crippen LogP contribution >= 0.6 is 0 Å². The molecule has 0 saturated carbocycles. The lowest BCUT2D eigenvalue weighted by Gasteiger charge is -2.37. The van der Waals surface area contributed by atoms with Gasteiger partial charge >= 0.3 is 5.97 Å². The van der Waals surface area contributed by atoms with Crippen LogP contribution in [0.5, 0.6) is 0 Å². The van der Waals surface area contributed by atoms with Crippen molar-refractivity contribution >= 4 is 23.5 Å². The van der Waals surface area contributed by atoms with Crippen LogP contribution in [0.1, 0.15) is 18.5 Å².